The van der Waals surface area contributed by atoms with Gasteiger partial charge in [0.25, 0.3) is 0 Å². The van der Waals surface area contributed by atoms with Crippen molar-refractivity contribution < 1.29 is 69.0 Å². The Labute approximate surface area is 777 Å². The van der Waals surface area contributed by atoms with Gasteiger partial charge in [-0.05, 0) is 316 Å². The number of hydrogen-bond acceptors (Lipinski definition) is 13. The van der Waals surface area contributed by atoms with Gasteiger partial charge in [-0.25, -0.2) is 4.79 Å². The fourth-order valence-electron chi connectivity index (χ4n) is 19.4. The Morgan fingerprint density at radius 1 is 0.260 bits per heavy atom. The molecule has 6 heterocycles. The van der Waals surface area contributed by atoms with Gasteiger partial charge < -0.3 is 64.2 Å². The monoisotopic (exact) mass is 1760 g/mol. The molecular formula is C117H136O14. The number of fused-ring (bicyclic) bond motifs is 18. The Kier molecular flexibility index (Phi) is 28.1. The van der Waals surface area contributed by atoms with E-state index in [1.807, 2.05) is 82.3 Å². The lowest BCUT2D eigenvalue weighted by atomic mass is 9.83. The molecule has 0 unspecified atom stereocenters. The van der Waals surface area contributed by atoms with E-state index in [1.54, 1.807) is 12.1 Å². The van der Waals surface area contributed by atoms with Gasteiger partial charge in [-0.3, -0.25) is 0 Å². The van der Waals surface area contributed by atoms with Crippen LogP contribution in [0.2, 0.25) is 0 Å². The van der Waals surface area contributed by atoms with Crippen molar-refractivity contribution in [1.29, 1.82) is 0 Å². The lowest BCUT2D eigenvalue weighted by Gasteiger charge is -2.36. The molecule has 6 aliphatic heterocycles. The Bertz CT molecular complexity index is 6320. The van der Waals surface area contributed by atoms with Gasteiger partial charge in [-0.2, -0.15) is 0 Å². The minimum absolute atomic E-state index is 0.00406. The Morgan fingerprint density at radius 3 is 0.802 bits per heavy atom. The zero-order valence-electron chi connectivity index (χ0n) is 81.6. The first-order valence-corrected chi connectivity index (χ1v) is 47.1. The van der Waals surface area contributed by atoms with Crippen LogP contribution in [0.25, 0.3) is 66.8 Å². The van der Waals surface area contributed by atoms with Crippen LogP contribution in [0.1, 0.15) is 286 Å². The molecular weight excluding hydrogens is 1630 g/mol. The number of ether oxygens (including phenoxy) is 6. The normalized spacial score (nSPS) is 14.9. The number of benzene rings is 12. The summed E-state index contributed by atoms with van der Waals surface area (Å²) in [6.07, 6.45) is 14.2. The number of carboxylic acids is 1. The van der Waals surface area contributed by atoms with E-state index < -0.39 is 11.6 Å². The number of aryl methyl sites for hydroxylation is 12. The maximum atomic E-state index is 11.9. The summed E-state index contributed by atoms with van der Waals surface area (Å²) in [5, 5.41) is 72.9. The third kappa shape index (κ3) is 20.3. The molecule has 6 aliphatic rings. The van der Waals surface area contributed by atoms with Gasteiger partial charge >= 0.3 is 5.97 Å². The highest BCUT2D eigenvalue weighted by molar-refractivity contribution is 5.99. The van der Waals surface area contributed by atoms with Crippen molar-refractivity contribution in [2.75, 3.05) is 0 Å². The van der Waals surface area contributed by atoms with Gasteiger partial charge in [0.15, 0.2) is 0 Å². The van der Waals surface area contributed by atoms with E-state index in [2.05, 4.69) is 248 Å². The predicted molar refractivity (Wildman–Crippen MR) is 532 cm³/mol. The van der Waals surface area contributed by atoms with E-state index in [0.29, 0.717) is 46.3 Å². The first-order chi connectivity index (χ1) is 61.8. The standard InChI is InChI=1S/C22H26O4.C21H26O2.C20H24O2.C19H22O2.C18H20O2.C17H18O2/c1-5-6-7-8-14-12-17-19(20(23)18(14)21(24)25)15-11-13(2)9-10-16(15)22(3,4)26-17;1-5-6-7-8-15-12-18(22)20-16-11-14(2)9-10-17(16)21(3,4)23-19(20)13-15;1-5-6-7-14-11-17(21)19-15-10-13(2)8-9-16(15)20(3,4)22-18(19)12-14;1-5-6-13-10-16(20)18-14-9-12(2)7-8-15(14)19(3,4)21-17(18)11-13;1-5-12-9-15(19)17-13-8-11(2)6-7-14(13)18(3,4)20-16(17)10-12;1-10-5-6-13-12(7-10)16-14(18)8-11(2)9-15(16)19-17(13,3)4/h9-12,23H,5-8H2,1-4H3,(H,24,25);9-13,22H,5-8H2,1-4H3;8-12,21H,5-7H2,1-4H3;7-11,20H,5-6H2,1-4H3;6-10,19H,5H2,1-4H3;5-9,18H,1-4H3. The van der Waals surface area contributed by atoms with Crippen LogP contribution in [0.4, 0.5) is 0 Å². The minimum Gasteiger partial charge on any atom is -0.507 e. The number of carboxylic acid groups (broad SMARTS) is 1. The first kappa shape index (κ1) is 96.3. The zero-order valence-corrected chi connectivity index (χ0v) is 81.6. The molecule has 0 bridgehead atoms. The quantitative estimate of drug-likeness (QED) is 0.0476. The number of rotatable bonds is 15. The maximum Gasteiger partial charge on any atom is 0.339 e. The highest BCUT2D eigenvalue weighted by Crippen LogP contribution is 2.58. The number of phenols is 6. The van der Waals surface area contributed by atoms with Gasteiger partial charge in [-0.15, -0.1) is 0 Å². The summed E-state index contributed by atoms with van der Waals surface area (Å²) < 4.78 is 37.1. The predicted octanol–water partition coefficient (Wildman–Crippen LogP) is 30.3. The van der Waals surface area contributed by atoms with E-state index in [4.69, 9.17) is 28.4 Å². The molecule has 14 nitrogen and oxygen atoms in total. The van der Waals surface area contributed by atoms with Crippen LogP contribution in [-0.2, 0) is 65.7 Å². The molecule has 131 heavy (non-hydrogen) atoms. The summed E-state index contributed by atoms with van der Waals surface area (Å²) in [5.74, 6) is 4.78. The van der Waals surface area contributed by atoms with Crippen molar-refractivity contribution in [1.82, 2.24) is 0 Å². The lowest BCUT2D eigenvalue weighted by molar-refractivity contribution is 0.0691. The Morgan fingerprint density at radius 2 is 0.511 bits per heavy atom. The second-order valence-electron chi connectivity index (χ2n) is 39.6. The van der Waals surface area contributed by atoms with Crippen molar-refractivity contribution in [2.45, 2.75) is 290 Å². The maximum absolute atomic E-state index is 11.9. The second kappa shape index (κ2) is 38.3. The molecule has 7 N–H and O–H groups in total. The summed E-state index contributed by atoms with van der Waals surface area (Å²) in [6.45, 7) is 49.7. The SMILES string of the molecule is CCCCCc1cc(O)c2c(c1)OC(C)(C)c1ccc(C)cc1-2.CCCCCc1cc2c(c(O)c1C(=O)O)-c1cc(C)ccc1C(C)(C)O2.CCCCc1cc(O)c2c(c1)OC(C)(C)c1ccc(C)cc1-2.CCCc1cc(O)c2c(c1)OC(C)(C)c1ccc(C)cc1-2.CCc1cc(O)c2c(c1)OC(C)(C)c1ccc(C)cc1-2.Cc1cc(O)c2c(c1)OC(C)(C)c1ccc(C)cc1-2. The van der Waals surface area contributed by atoms with Gasteiger partial charge in [0.05, 0.1) is 33.4 Å². The zero-order chi connectivity index (χ0) is 95.1. The van der Waals surface area contributed by atoms with Crippen LogP contribution >= 0.6 is 0 Å². The molecule has 688 valence electrons. The van der Waals surface area contributed by atoms with Gasteiger partial charge in [0, 0.05) is 33.4 Å². The smallest absolute Gasteiger partial charge is 0.339 e. The molecule has 0 saturated carbocycles. The molecule has 0 aromatic heterocycles. The summed E-state index contributed by atoms with van der Waals surface area (Å²) in [4.78, 5) is 11.9. The average molecular weight is 1770 g/mol. The average Bonchev–Trinajstić information content (AvgIpc) is 0.744. The second-order valence-corrected chi connectivity index (χ2v) is 39.6. The Balaban J connectivity index is 0.000000134. The summed E-state index contributed by atoms with van der Waals surface area (Å²) in [7, 11) is 0. The van der Waals surface area contributed by atoms with Crippen molar-refractivity contribution >= 4 is 5.97 Å². The van der Waals surface area contributed by atoms with Crippen LogP contribution in [0.15, 0.2) is 176 Å². The molecule has 0 amide bonds. The van der Waals surface area contributed by atoms with E-state index in [9.17, 15) is 40.5 Å². The number of hydrogen-bond donors (Lipinski definition) is 7. The number of carbonyl (C=O) groups is 1. The fourth-order valence-corrected chi connectivity index (χ4v) is 19.4. The summed E-state index contributed by atoms with van der Waals surface area (Å²) in [6, 6.07) is 59.0. The van der Waals surface area contributed by atoms with Crippen molar-refractivity contribution in [3.8, 4) is 136 Å². The molecule has 0 saturated heterocycles. The Hall–Kier alpha value is -12.3. The van der Waals surface area contributed by atoms with E-state index >= 15 is 0 Å². The van der Waals surface area contributed by atoms with E-state index in [0.717, 1.165) is 227 Å². The lowest BCUT2D eigenvalue weighted by Crippen LogP contribution is -2.29. The van der Waals surface area contributed by atoms with Crippen LogP contribution in [-0.4, -0.2) is 41.7 Å². The van der Waals surface area contributed by atoms with Crippen molar-refractivity contribution in [3.63, 3.8) is 0 Å². The molecule has 0 radical (unpaired) electrons. The van der Waals surface area contributed by atoms with Crippen LogP contribution in [0, 0.1) is 48.5 Å². The van der Waals surface area contributed by atoms with E-state index in [1.165, 1.54) is 40.7 Å². The van der Waals surface area contributed by atoms with Gasteiger partial charge in [-0.1, -0.05) is 216 Å². The molecule has 12 aromatic carbocycles. The summed E-state index contributed by atoms with van der Waals surface area (Å²) >= 11 is 0. The number of aromatic carboxylic acids is 1. The largest absolute Gasteiger partial charge is 0.507 e. The third-order valence-corrected chi connectivity index (χ3v) is 26.0. The molecule has 18 rings (SSSR count). The fraction of sp³-hybridized carbons (Fsp3) is 0.376. The highest BCUT2D eigenvalue weighted by Gasteiger charge is 2.42. The number of aromatic hydroxyl groups is 6. The first-order valence-electron chi connectivity index (χ1n) is 47.1. The minimum atomic E-state index is -1.10. The van der Waals surface area contributed by atoms with Crippen LogP contribution < -0.4 is 28.4 Å². The molecule has 0 aliphatic carbocycles. The number of phenolic OH excluding ortho intramolecular Hbond substituents is 5. The van der Waals surface area contributed by atoms with Crippen LogP contribution in [0.3, 0.4) is 0 Å². The highest BCUT2D eigenvalue weighted by atomic mass is 16.5. The molecule has 0 spiro atoms. The molecule has 14 heteroatoms. The number of unbranched alkanes of at least 4 members (excludes halogenated alkanes) is 5. The molecule has 12 aromatic rings. The third-order valence-electron chi connectivity index (χ3n) is 26.0. The van der Waals surface area contributed by atoms with Crippen LogP contribution in [0.5, 0.6) is 69.0 Å². The molecule has 0 atom stereocenters. The summed E-state index contributed by atoms with van der Waals surface area (Å²) in [5.41, 5.74) is 28.1. The van der Waals surface area contributed by atoms with Crippen molar-refractivity contribution in [2.24, 2.45) is 0 Å². The van der Waals surface area contributed by atoms with Crippen molar-refractivity contribution in [3.05, 3.63) is 282 Å². The van der Waals surface area contributed by atoms with Gasteiger partial charge in [0.1, 0.15) is 108 Å². The van der Waals surface area contributed by atoms with E-state index in [-0.39, 0.29) is 45.1 Å². The van der Waals surface area contributed by atoms with Gasteiger partial charge in [0.2, 0.25) is 0 Å². The molecule has 0 fully saturated rings. The topological polar surface area (TPSA) is 214 Å².